The fraction of sp³-hybridized carbons (Fsp3) is 0.933. The molecule has 1 saturated heterocycles. The number of hydrogen-bond donors (Lipinski definition) is 0. The van der Waals surface area contributed by atoms with E-state index in [4.69, 9.17) is 11.6 Å². The Hall–Kier alpha value is -0.450. The molecule has 0 aromatic rings. The number of alkyl halides is 4. The molecule has 1 unspecified atom stereocenters. The van der Waals surface area contributed by atoms with E-state index in [1.54, 1.807) is 0 Å². The first-order valence-electron chi connectivity index (χ1n) is 7.86. The summed E-state index contributed by atoms with van der Waals surface area (Å²) in [5.41, 5.74) is 0. The Bertz CT molecular complexity index is 353. The Morgan fingerprint density at radius 2 is 1.81 bits per heavy atom. The van der Waals surface area contributed by atoms with Crippen molar-refractivity contribution in [1.29, 1.82) is 0 Å². The topological polar surface area (TPSA) is 20.3 Å². The smallest absolute Gasteiger partial charge is 0.339 e. The molecule has 21 heavy (non-hydrogen) atoms. The van der Waals surface area contributed by atoms with Crippen molar-refractivity contribution >= 4 is 17.5 Å². The predicted octanol–water partition coefficient (Wildman–Crippen LogP) is 4.37. The van der Waals surface area contributed by atoms with Crippen LogP contribution in [0.1, 0.15) is 51.4 Å². The molecule has 2 fully saturated rings. The maximum Gasteiger partial charge on any atom is 0.391 e. The molecular formula is C15H23ClF3NO. The second-order valence-electron chi connectivity index (χ2n) is 6.25. The molecule has 0 N–H and O–H groups in total. The normalized spacial score (nSPS) is 30.7. The third-order valence-corrected chi connectivity index (χ3v) is 5.14. The molecule has 0 spiro atoms. The van der Waals surface area contributed by atoms with Crippen LogP contribution < -0.4 is 0 Å². The van der Waals surface area contributed by atoms with Gasteiger partial charge in [0.15, 0.2) is 0 Å². The number of nitrogens with zero attached hydrogens (tertiary/aromatic N) is 1. The van der Waals surface area contributed by atoms with E-state index in [9.17, 15) is 18.0 Å². The van der Waals surface area contributed by atoms with Crippen molar-refractivity contribution in [2.75, 3.05) is 12.4 Å². The molecule has 1 heterocycles. The molecule has 0 aromatic carbocycles. The van der Waals surface area contributed by atoms with Gasteiger partial charge in [0.2, 0.25) is 5.91 Å². The molecule has 0 aromatic heterocycles. The van der Waals surface area contributed by atoms with E-state index < -0.39 is 12.1 Å². The van der Waals surface area contributed by atoms with Crippen LogP contribution in [0.15, 0.2) is 0 Å². The summed E-state index contributed by atoms with van der Waals surface area (Å²) >= 11 is 5.70. The lowest BCUT2D eigenvalue weighted by atomic mass is 9.81. The average molecular weight is 326 g/mol. The van der Waals surface area contributed by atoms with Gasteiger partial charge in [0.25, 0.3) is 0 Å². The van der Waals surface area contributed by atoms with Gasteiger partial charge in [0.1, 0.15) is 0 Å². The molecule has 1 saturated carbocycles. The van der Waals surface area contributed by atoms with E-state index in [-0.39, 0.29) is 30.7 Å². The van der Waals surface area contributed by atoms with Crippen LogP contribution in [0.4, 0.5) is 13.2 Å². The molecule has 1 aliphatic carbocycles. The summed E-state index contributed by atoms with van der Waals surface area (Å²) in [6, 6.07) is 0.247. The zero-order valence-corrected chi connectivity index (χ0v) is 12.9. The van der Waals surface area contributed by atoms with Crippen molar-refractivity contribution in [2.45, 2.75) is 63.6 Å². The summed E-state index contributed by atoms with van der Waals surface area (Å²) in [5.74, 6) is -0.755. The fourth-order valence-corrected chi connectivity index (χ4v) is 3.80. The van der Waals surface area contributed by atoms with Gasteiger partial charge in [-0.15, -0.1) is 11.6 Å². The molecule has 2 aliphatic rings. The largest absolute Gasteiger partial charge is 0.391 e. The molecular weight excluding hydrogens is 303 g/mol. The molecule has 1 amide bonds. The third kappa shape index (κ3) is 4.27. The first-order chi connectivity index (χ1) is 9.93. The first kappa shape index (κ1) is 16.9. The standard InChI is InChI=1S/C15H23ClF3NO/c16-9-1-3-13-4-2-10-20(13)14(21)11-5-7-12(8-6-11)15(17,18)19/h11-13H,1-10H2. The van der Waals surface area contributed by atoms with Crippen LogP contribution in [0.3, 0.4) is 0 Å². The van der Waals surface area contributed by atoms with Gasteiger partial charge in [-0.1, -0.05) is 0 Å². The van der Waals surface area contributed by atoms with Gasteiger partial charge in [-0.2, -0.15) is 13.2 Å². The highest BCUT2D eigenvalue weighted by Gasteiger charge is 2.43. The van der Waals surface area contributed by atoms with Crippen molar-refractivity contribution in [2.24, 2.45) is 11.8 Å². The number of rotatable bonds is 4. The third-order valence-electron chi connectivity index (χ3n) is 4.87. The SMILES string of the molecule is O=C(C1CCC(C(F)(F)F)CC1)N1CCCC1CCCCl. The quantitative estimate of drug-likeness (QED) is 0.703. The number of likely N-dealkylation sites (tertiary alicyclic amines) is 1. The van der Waals surface area contributed by atoms with Gasteiger partial charge in [0, 0.05) is 24.4 Å². The summed E-state index contributed by atoms with van der Waals surface area (Å²) in [6.07, 6.45) is 0.634. The summed E-state index contributed by atoms with van der Waals surface area (Å²) in [5, 5.41) is 0. The van der Waals surface area contributed by atoms with Crippen molar-refractivity contribution in [3.63, 3.8) is 0 Å². The van der Waals surface area contributed by atoms with Crippen LogP contribution in [0, 0.1) is 11.8 Å². The van der Waals surface area contributed by atoms with Crippen LogP contribution in [-0.4, -0.2) is 35.4 Å². The Labute approximate surface area is 129 Å². The highest BCUT2D eigenvalue weighted by atomic mass is 35.5. The van der Waals surface area contributed by atoms with Crippen molar-refractivity contribution in [3.8, 4) is 0 Å². The molecule has 0 radical (unpaired) electrons. The predicted molar refractivity (Wildman–Crippen MR) is 76.2 cm³/mol. The Morgan fingerprint density at radius 1 is 1.14 bits per heavy atom. The minimum absolute atomic E-state index is 0.0766. The van der Waals surface area contributed by atoms with Crippen LogP contribution in [-0.2, 0) is 4.79 Å². The van der Waals surface area contributed by atoms with Crippen molar-refractivity contribution in [3.05, 3.63) is 0 Å². The number of carbonyl (C=O) groups is 1. The minimum atomic E-state index is -4.11. The molecule has 122 valence electrons. The number of hydrogen-bond acceptors (Lipinski definition) is 1. The van der Waals surface area contributed by atoms with Crippen molar-refractivity contribution < 1.29 is 18.0 Å². The van der Waals surface area contributed by atoms with Gasteiger partial charge in [-0.3, -0.25) is 4.79 Å². The van der Waals surface area contributed by atoms with Gasteiger partial charge in [-0.25, -0.2) is 0 Å². The fourth-order valence-electron chi connectivity index (χ4n) is 3.64. The number of halogens is 4. The lowest BCUT2D eigenvalue weighted by Crippen LogP contribution is -2.41. The van der Waals surface area contributed by atoms with Gasteiger partial charge in [-0.05, 0) is 51.4 Å². The Morgan fingerprint density at radius 3 is 2.38 bits per heavy atom. The first-order valence-corrected chi connectivity index (χ1v) is 8.40. The van der Waals surface area contributed by atoms with Gasteiger partial charge < -0.3 is 4.90 Å². The van der Waals surface area contributed by atoms with E-state index in [0.29, 0.717) is 18.7 Å². The summed E-state index contributed by atoms with van der Waals surface area (Å²) in [6.45, 7) is 0.755. The van der Waals surface area contributed by atoms with Crippen molar-refractivity contribution in [1.82, 2.24) is 4.90 Å². The summed E-state index contributed by atoms with van der Waals surface area (Å²) < 4.78 is 38.0. The lowest BCUT2D eigenvalue weighted by Gasteiger charge is -2.33. The minimum Gasteiger partial charge on any atom is -0.339 e. The zero-order valence-electron chi connectivity index (χ0n) is 12.2. The van der Waals surface area contributed by atoms with Gasteiger partial charge >= 0.3 is 6.18 Å². The molecule has 1 aliphatic heterocycles. The molecule has 0 bridgehead atoms. The summed E-state index contributed by atoms with van der Waals surface area (Å²) in [4.78, 5) is 14.4. The second kappa shape index (κ2) is 7.21. The Balaban J connectivity index is 1.86. The highest BCUT2D eigenvalue weighted by Crippen LogP contribution is 2.40. The van der Waals surface area contributed by atoms with Crippen LogP contribution in [0.2, 0.25) is 0 Å². The highest BCUT2D eigenvalue weighted by molar-refractivity contribution is 6.17. The van der Waals surface area contributed by atoms with Crippen LogP contribution in [0.25, 0.3) is 0 Å². The maximum atomic E-state index is 12.7. The molecule has 1 atom stereocenters. The lowest BCUT2D eigenvalue weighted by molar-refractivity contribution is -0.185. The zero-order chi connectivity index (χ0) is 15.5. The molecule has 2 rings (SSSR count). The second-order valence-corrected chi connectivity index (χ2v) is 6.63. The maximum absolute atomic E-state index is 12.7. The van der Waals surface area contributed by atoms with Crippen LogP contribution >= 0.6 is 11.6 Å². The average Bonchev–Trinajstić information content (AvgIpc) is 2.92. The monoisotopic (exact) mass is 325 g/mol. The summed E-state index contributed by atoms with van der Waals surface area (Å²) in [7, 11) is 0. The molecule has 6 heteroatoms. The molecule has 2 nitrogen and oxygen atoms in total. The van der Waals surface area contributed by atoms with E-state index >= 15 is 0 Å². The van der Waals surface area contributed by atoms with E-state index in [0.717, 1.165) is 32.2 Å². The van der Waals surface area contributed by atoms with E-state index in [2.05, 4.69) is 0 Å². The number of carbonyl (C=O) groups excluding carboxylic acids is 1. The number of amides is 1. The van der Waals surface area contributed by atoms with E-state index in [1.807, 2.05) is 4.90 Å². The van der Waals surface area contributed by atoms with E-state index in [1.165, 1.54) is 0 Å². The Kier molecular flexibility index (Phi) is 5.81. The van der Waals surface area contributed by atoms with Crippen LogP contribution in [0.5, 0.6) is 0 Å². The van der Waals surface area contributed by atoms with Gasteiger partial charge in [0.05, 0.1) is 5.92 Å².